The van der Waals surface area contributed by atoms with Gasteiger partial charge in [0.25, 0.3) is 0 Å². The Kier molecular flexibility index (Phi) is 4.44. The molecule has 1 aromatic rings. The lowest BCUT2D eigenvalue weighted by Gasteiger charge is -2.05. The highest BCUT2D eigenvalue weighted by molar-refractivity contribution is 9.10. The van der Waals surface area contributed by atoms with Crippen LogP contribution in [-0.4, -0.2) is 19.3 Å². The van der Waals surface area contributed by atoms with Crippen molar-refractivity contribution in [2.45, 2.75) is 4.90 Å². The average molecular weight is 277 g/mol. The minimum absolute atomic E-state index is 0.482. The number of hydrogen-bond acceptors (Lipinski definition) is 4. The van der Waals surface area contributed by atoms with E-state index in [0.29, 0.717) is 5.56 Å². The molecule has 0 bridgehead atoms. The third-order valence-electron chi connectivity index (χ3n) is 1.54. The summed E-state index contributed by atoms with van der Waals surface area (Å²) in [7, 11) is 1.30. The quantitative estimate of drug-likeness (QED) is 0.483. The lowest BCUT2D eigenvalue weighted by Crippen LogP contribution is -2.05. The van der Waals surface area contributed by atoms with Crippen LogP contribution in [0.5, 0.6) is 0 Å². The molecule has 0 aliphatic carbocycles. The van der Waals surface area contributed by atoms with E-state index in [1.165, 1.54) is 18.9 Å². The first-order valence-corrected chi connectivity index (χ1v) is 5.79. The van der Waals surface area contributed by atoms with Crippen LogP contribution in [0.1, 0.15) is 10.4 Å². The molecule has 0 amide bonds. The van der Waals surface area contributed by atoms with E-state index in [-0.39, 0.29) is 0 Å². The number of rotatable bonds is 3. The molecule has 0 unspecified atom stereocenters. The Bertz CT molecular complexity index is 341. The third-order valence-corrected chi connectivity index (χ3v) is 2.81. The fourth-order valence-electron chi connectivity index (χ4n) is 0.954. The van der Waals surface area contributed by atoms with Gasteiger partial charge < -0.3 is 0 Å². The van der Waals surface area contributed by atoms with E-state index < -0.39 is 5.97 Å². The molecule has 0 N–H and O–H groups in total. The van der Waals surface area contributed by atoms with Crippen LogP contribution in [0.15, 0.2) is 27.6 Å². The number of benzene rings is 1. The Labute approximate surface area is 94.8 Å². The molecule has 0 aromatic heterocycles. The largest absolute Gasteiger partial charge is 0.374 e. The standard InChI is InChI=1S/C9H9BrO3S/c1-12-13-9(11)7-4-3-6(10)5-8(7)14-2/h3-5H,1-2H3. The van der Waals surface area contributed by atoms with Crippen molar-refractivity contribution in [2.24, 2.45) is 0 Å². The van der Waals surface area contributed by atoms with E-state index in [2.05, 4.69) is 25.7 Å². The van der Waals surface area contributed by atoms with Gasteiger partial charge in [0.2, 0.25) is 0 Å². The third kappa shape index (κ3) is 2.73. The van der Waals surface area contributed by atoms with Crippen LogP contribution >= 0.6 is 27.7 Å². The Balaban J connectivity index is 3.01. The summed E-state index contributed by atoms with van der Waals surface area (Å²) >= 11 is 4.81. The molecule has 14 heavy (non-hydrogen) atoms. The minimum Gasteiger partial charge on any atom is -0.293 e. The fourth-order valence-corrected chi connectivity index (χ4v) is 2.08. The van der Waals surface area contributed by atoms with E-state index in [4.69, 9.17) is 0 Å². The first-order valence-electron chi connectivity index (χ1n) is 3.77. The van der Waals surface area contributed by atoms with Gasteiger partial charge in [0, 0.05) is 9.37 Å². The normalized spacial score (nSPS) is 9.93. The maximum atomic E-state index is 11.4. The van der Waals surface area contributed by atoms with Crippen LogP contribution in [-0.2, 0) is 9.78 Å². The van der Waals surface area contributed by atoms with Gasteiger partial charge in [-0.1, -0.05) is 15.9 Å². The highest BCUT2D eigenvalue weighted by atomic mass is 79.9. The summed E-state index contributed by atoms with van der Waals surface area (Å²) in [6.45, 7) is 0. The molecule has 0 saturated heterocycles. The molecule has 0 fully saturated rings. The summed E-state index contributed by atoms with van der Waals surface area (Å²) in [5, 5.41) is 0. The van der Waals surface area contributed by atoms with Crippen molar-refractivity contribution < 1.29 is 14.6 Å². The van der Waals surface area contributed by atoms with Gasteiger partial charge in [0.1, 0.15) is 0 Å². The van der Waals surface area contributed by atoms with Crippen LogP contribution in [0.3, 0.4) is 0 Å². The summed E-state index contributed by atoms with van der Waals surface area (Å²) in [6, 6.07) is 5.33. The fraction of sp³-hybridized carbons (Fsp3) is 0.222. The molecule has 0 aliphatic rings. The van der Waals surface area contributed by atoms with Gasteiger partial charge in [-0.25, -0.2) is 4.79 Å². The molecule has 0 spiro atoms. The molecule has 0 heterocycles. The Morgan fingerprint density at radius 2 is 2.21 bits per heavy atom. The molecule has 1 aromatic carbocycles. The summed E-state index contributed by atoms with van der Waals surface area (Å²) in [6.07, 6.45) is 1.89. The molecule has 3 nitrogen and oxygen atoms in total. The maximum absolute atomic E-state index is 11.4. The van der Waals surface area contributed by atoms with E-state index >= 15 is 0 Å². The molecule has 76 valence electrons. The summed E-state index contributed by atoms with van der Waals surface area (Å²) in [5.74, 6) is -0.482. The van der Waals surface area contributed by atoms with Crippen molar-refractivity contribution in [1.29, 1.82) is 0 Å². The van der Waals surface area contributed by atoms with Crippen molar-refractivity contribution >= 4 is 33.7 Å². The molecule has 0 atom stereocenters. The minimum atomic E-state index is -0.482. The zero-order chi connectivity index (χ0) is 10.6. The zero-order valence-corrected chi connectivity index (χ0v) is 10.1. The van der Waals surface area contributed by atoms with Gasteiger partial charge in [-0.2, -0.15) is 4.89 Å². The van der Waals surface area contributed by atoms with Crippen LogP contribution in [0.4, 0.5) is 0 Å². The van der Waals surface area contributed by atoms with Crippen molar-refractivity contribution in [2.75, 3.05) is 13.4 Å². The maximum Gasteiger partial charge on any atom is 0.374 e. The number of hydrogen-bond donors (Lipinski definition) is 0. The van der Waals surface area contributed by atoms with Gasteiger partial charge in [0.05, 0.1) is 12.7 Å². The van der Waals surface area contributed by atoms with E-state index in [9.17, 15) is 4.79 Å². The van der Waals surface area contributed by atoms with Crippen molar-refractivity contribution in [3.05, 3.63) is 28.2 Å². The smallest absolute Gasteiger partial charge is 0.293 e. The van der Waals surface area contributed by atoms with Crippen molar-refractivity contribution in [3.8, 4) is 0 Å². The predicted octanol–water partition coefficient (Wildman–Crippen LogP) is 2.89. The second-order valence-corrected chi connectivity index (χ2v) is 4.15. The molecule has 1 rings (SSSR count). The Morgan fingerprint density at radius 3 is 2.79 bits per heavy atom. The number of carbonyl (C=O) groups is 1. The first-order chi connectivity index (χ1) is 6.69. The molecule has 5 heteroatoms. The number of carbonyl (C=O) groups excluding carboxylic acids is 1. The first kappa shape index (κ1) is 11.6. The van der Waals surface area contributed by atoms with E-state index in [0.717, 1.165) is 9.37 Å². The van der Waals surface area contributed by atoms with Crippen LogP contribution in [0, 0.1) is 0 Å². The average Bonchev–Trinajstić information content (AvgIpc) is 2.17. The summed E-state index contributed by atoms with van der Waals surface area (Å²) in [5.41, 5.74) is 0.502. The predicted molar refractivity (Wildman–Crippen MR) is 58.3 cm³/mol. The van der Waals surface area contributed by atoms with Gasteiger partial charge >= 0.3 is 5.97 Å². The Hall–Kier alpha value is -0.520. The number of halogens is 1. The molecule has 0 radical (unpaired) electrons. The second kappa shape index (κ2) is 5.38. The Morgan fingerprint density at radius 1 is 1.50 bits per heavy atom. The SMILES string of the molecule is COOC(=O)c1ccc(Br)cc1SC. The van der Waals surface area contributed by atoms with Gasteiger partial charge in [-0.3, -0.25) is 4.89 Å². The van der Waals surface area contributed by atoms with Crippen LogP contribution in [0.2, 0.25) is 0 Å². The van der Waals surface area contributed by atoms with Gasteiger partial charge in [0.15, 0.2) is 0 Å². The van der Waals surface area contributed by atoms with Crippen LogP contribution < -0.4 is 0 Å². The highest BCUT2D eigenvalue weighted by Crippen LogP contribution is 2.25. The summed E-state index contributed by atoms with van der Waals surface area (Å²) in [4.78, 5) is 21.0. The molecular formula is C9H9BrO3S. The highest BCUT2D eigenvalue weighted by Gasteiger charge is 2.13. The molecule has 0 saturated carbocycles. The van der Waals surface area contributed by atoms with Crippen molar-refractivity contribution in [1.82, 2.24) is 0 Å². The lowest BCUT2D eigenvalue weighted by molar-refractivity contribution is -0.216. The van der Waals surface area contributed by atoms with Crippen LogP contribution in [0.25, 0.3) is 0 Å². The second-order valence-electron chi connectivity index (χ2n) is 2.38. The monoisotopic (exact) mass is 276 g/mol. The van der Waals surface area contributed by atoms with Crippen molar-refractivity contribution in [3.63, 3.8) is 0 Å². The molecular weight excluding hydrogens is 268 g/mol. The summed E-state index contributed by atoms with van der Waals surface area (Å²) < 4.78 is 0.927. The van der Waals surface area contributed by atoms with E-state index in [1.54, 1.807) is 12.1 Å². The topological polar surface area (TPSA) is 35.5 Å². The van der Waals surface area contributed by atoms with Gasteiger partial charge in [-0.15, -0.1) is 11.8 Å². The van der Waals surface area contributed by atoms with E-state index in [1.807, 2.05) is 12.3 Å². The number of thioether (sulfide) groups is 1. The van der Waals surface area contributed by atoms with Gasteiger partial charge in [-0.05, 0) is 24.5 Å². The lowest BCUT2D eigenvalue weighted by atomic mass is 10.2. The molecule has 0 aliphatic heterocycles. The zero-order valence-electron chi connectivity index (χ0n) is 7.74.